The van der Waals surface area contributed by atoms with Gasteiger partial charge in [0.05, 0.1) is 7.11 Å². The molecule has 3 aromatic heterocycles. The summed E-state index contributed by atoms with van der Waals surface area (Å²) in [5.41, 5.74) is 1.12. The molecular weight excluding hydrogens is 322 g/mol. The second kappa shape index (κ2) is 6.34. The van der Waals surface area contributed by atoms with Gasteiger partial charge in [-0.15, -0.1) is 15.3 Å². The van der Waals surface area contributed by atoms with Gasteiger partial charge < -0.3 is 15.0 Å². The molecule has 1 aliphatic rings. The standard InChI is InChI=1S/C16H17N7O2/c1-25-15-5-2-12(19-20-15)16(24)22-8-6-11(10-22)18-13-3-4-14-17-7-9-23(14)21-13/h2-5,7,9,11H,6,8,10H2,1H3,(H,18,21). The van der Waals surface area contributed by atoms with Crippen LogP contribution in [0.5, 0.6) is 5.88 Å². The number of carbonyl (C=O) groups is 1. The Balaban J connectivity index is 1.40. The van der Waals surface area contributed by atoms with Crippen LogP contribution in [0.2, 0.25) is 0 Å². The van der Waals surface area contributed by atoms with Crippen molar-refractivity contribution in [2.75, 3.05) is 25.5 Å². The van der Waals surface area contributed by atoms with Crippen LogP contribution in [0, 0.1) is 0 Å². The van der Waals surface area contributed by atoms with Crippen LogP contribution >= 0.6 is 0 Å². The molecule has 25 heavy (non-hydrogen) atoms. The van der Waals surface area contributed by atoms with Crippen molar-refractivity contribution in [3.63, 3.8) is 0 Å². The molecule has 128 valence electrons. The first-order valence-electron chi connectivity index (χ1n) is 7.97. The number of aromatic nitrogens is 5. The van der Waals surface area contributed by atoms with Crippen LogP contribution in [0.15, 0.2) is 36.7 Å². The minimum absolute atomic E-state index is 0.127. The number of imidazole rings is 1. The van der Waals surface area contributed by atoms with Crippen molar-refractivity contribution in [3.8, 4) is 5.88 Å². The highest BCUT2D eigenvalue weighted by Crippen LogP contribution is 2.17. The molecule has 4 rings (SSSR count). The summed E-state index contributed by atoms with van der Waals surface area (Å²) in [5, 5.41) is 15.6. The molecule has 0 aromatic carbocycles. The van der Waals surface area contributed by atoms with Gasteiger partial charge in [-0.3, -0.25) is 4.79 Å². The lowest BCUT2D eigenvalue weighted by Crippen LogP contribution is -2.32. The third-order valence-electron chi connectivity index (χ3n) is 4.15. The van der Waals surface area contributed by atoms with Crippen molar-refractivity contribution < 1.29 is 9.53 Å². The minimum atomic E-state index is -0.127. The van der Waals surface area contributed by atoms with Crippen LogP contribution in [-0.2, 0) is 0 Å². The topological polar surface area (TPSA) is 97.5 Å². The summed E-state index contributed by atoms with van der Waals surface area (Å²) in [6.07, 6.45) is 4.35. The molecule has 9 heteroatoms. The van der Waals surface area contributed by atoms with Gasteiger partial charge in [0.15, 0.2) is 11.3 Å². The van der Waals surface area contributed by atoms with Gasteiger partial charge in [0.2, 0.25) is 5.88 Å². The lowest BCUT2D eigenvalue weighted by molar-refractivity contribution is 0.0784. The van der Waals surface area contributed by atoms with Crippen molar-refractivity contribution in [2.45, 2.75) is 12.5 Å². The first kappa shape index (κ1) is 15.3. The predicted octanol–water partition coefficient (Wildman–Crippen LogP) is 0.854. The fraction of sp³-hybridized carbons (Fsp3) is 0.312. The van der Waals surface area contributed by atoms with Crippen molar-refractivity contribution in [3.05, 3.63) is 42.4 Å². The number of hydrogen-bond donors (Lipinski definition) is 1. The minimum Gasteiger partial charge on any atom is -0.480 e. The SMILES string of the molecule is COc1ccc(C(=O)N2CCC(Nc3ccc4nccn4n3)C2)nn1. The molecule has 0 bridgehead atoms. The van der Waals surface area contributed by atoms with Crippen LogP contribution in [-0.4, -0.2) is 61.8 Å². The van der Waals surface area contributed by atoms with E-state index in [1.807, 2.05) is 12.1 Å². The van der Waals surface area contributed by atoms with Gasteiger partial charge in [-0.05, 0) is 24.6 Å². The molecule has 1 saturated heterocycles. The molecule has 3 aromatic rings. The smallest absolute Gasteiger partial charge is 0.274 e. The fourth-order valence-corrected chi connectivity index (χ4v) is 2.87. The van der Waals surface area contributed by atoms with Crippen molar-refractivity contribution in [1.29, 1.82) is 0 Å². The van der Waals surface area contributed by atoms with Gasteiger partial charge in [-0.2, -0.15) is 0 Å². The van der Waals surface area contributed by atoms with Gasteiger partial charge in [0.1, 0.15) is 5.82 Å². The molecule has 0 radical (unpaired) electrons. The van der Waals surface area contributed by atoms with E-state index in [2.05, 4.69) is 25.6 Å². The zero-order chi connectivity index (χ0) is 17.2. The summed E-state index contributed by atoms with van der Waals surface area (Å²) in [6.45, 7) is 1.26. The molecular formula is C16H17N7O2. The summed E-state index contributed by atoms with van der Waals surface area (Å²) in [5.74, 6) is 1.02. The maximum absolute atomic E-state index is 12.5. The average Bonchev–Trinajstić information content (AvgIpc) is 3.30. The maximum atomic E-state index is 12.5. The summed E-state index contributed by atoms with van der Waals surface area (Å²) >= 11 is 0. The van der Waals surface area contributed by atoms with E-state index in [9.17, 15) is 4.79 Å². The number of ether oxygens (including phenoxy) is 1. The largest absolute Gasteiger partial charge is 0.480 e. The Hall–Kier alpha value is -3.23. The highest BCUT2D eigenvalue weighted by atomic mass is 16.5. The van der Waals surface area contributed by atoms with Crippen LogP contribution in [0.3, 0.4) is 0 Å². The van der Waals surface area contributed by atoms with Gasteiger partial charge in [0.25, 0.3) is 5.91 Å². The van der Waals surface area contributed by atoms with E-state index < -0.39 is 0 Å². The zero-order valence-corrected chi connectivity index (χ0v) is 13.7. The molecule has 1 unspecified atom stereocenters. The number of nitrogens with one attached hydrogen (secondary N) is 1. The second-order valence-corrected chi connectivity index (χ2v) is 5.79. The summed E-state index contributed by atoms with van der Waals surface area (Å²) < 4.78 is 6.68. The van der Waals surface area contributed by atoms with E-state index in [-0.39, 0.29) is 11.9 Å². The first-order valence-corrected chi connectivity index (χ1v) is 7.97. The fourth-order valence-electron chi connectivity index (χ4n) is 2.87. The third kappa shape index (κ3) is 3.08. The van der Waals surface area contributed by atoms with E-state index in [1.54, 1.807) is 33.9 Å². The number of anilines is 1. The quantitative estimate of drug-likeness (QED) is 0.752. The molecule has 1 fully saturated rings. The normalized spacial score (nSPS) is 17.0. The Morgan fingerprint density at radius 3 is 3.00 bits per heavy atom. The van der Waals surface area contributed by atoms with Crippen LogP contribution in [0.4, 0.5) is 5.82 Å². The Labute approximate surface area is 143 Å². The van der Waals surface area contributed by atoms with Gasteiger partial charge in [0, 0.05) is 37.6 Å². The van der Waals surface area contributed by atoms with E-state index in [0.29, 0.717) is 24.7 Å². The number of rotatable bonds is 4. The molecule has 0 spiro atoms. The monoisotopic (exact) mass is 339 g/mol. The molecule has 9 nitrogen and oxygen atoms in total. The molecule has 0 saturated carbocycles. The van der Waals surface area contributed by atoms with Crippen LogP contribution < -0.4 is 10.1 Å². The number of amides is 1. The van der Waals surface area contributed by atoms with E-state index >= 15 is 0 Å². The summed E-state index contributed by atoms with van der Waals surface area (Å²) in [6, 6.07) is 7.20. The number of methoxy groups -OCH3 is 1. The molecule has 1 amide bonds. The van der Waals surface area contributed by atoms with E-state index in [4.69, 9.17) is 4.74 Å². The zero-order valence-electron chi connectivity index (χ0n) is 13.7. The van der Waals surface area contributed by atoms with Crippen molar-refractivity contribution >= 4 is 17.4 Å². The highest BCUT2D eigenvalue weighted by molar-refractivity contribution is 5.92. The summed E-state index contributed by atoms with van der Waals surface area (Å²) in [4.78, 5) is 18.5. The third-order valence-corrected chi connectivity index (χ3v) is 4.15. The lowest BCUT2D eigenvalue weighted by Gasteiger charge is -2.16. The molecule has 1 aliphatic heterocycles. The van der Waals surface area contributed by atoms with Gasteiger partial charge in [-0.1, -0.05) is 0 Å². The van der Waals surface area contributed by atoms with Crippen LogP contribution in [0.1, 0.15) is 16.9 Å². The van der Waals surface area contributed by atoms with E-state index in [1.165, 1.54) is 7.11 Å². The molecule has 4 heterocycles. The average molecular weight is 339 g/mol. The number of carbonyl (C=O) groups excluding carboxylic acids is 1. The Morgan fingerprint density at radius 2 is 2.20 bits per heavy atom. The van der Waals surface area contributed by atoms with Crippen molar-refractivity contribution in [2.24, 2.45) is 0 Å². The number of hydrogen-bond acceptors (Lipinski definition) is 7. The number of likely N-dealkylation sites (tertiary alicyclic amines) is 1. The maximum Gasteiger partial charge on any atom is 0.274 e. The number of nitrogens with zero attached hydrogens (tertiary/aromatic N) is 6. The predicted molar refractivity (Wildman–Crippen MR) is 89.5 cm³/mol. The van der Waals surface area contributed by atoms with Crippen LogP contribution in [0.25, 0.3) is 5.65 Å². The Morgan fingerprint density at radius 1 is 1.28 bits per heavy atom. The van der Waals surface area contributed by atoms with E-state index in [0.717, 1.165) is 17.9 Å². The first-order chi connectivity index (χ1) is 12.2. The van der Waals surface area contributed by atoms with Gasteiger partial charge >= 0.3 is 0 Å². The van der Waals surface area contributed by atoms with Crippen molar-refractivity contribution in [1.82, 2.24) is 29.7 Å². The molecule has 0 aliphatic carbocycles. The summed E-state index contributed by atoms with van der Waals surface area (Å²) in [7, 11) is 1.51. The highest BCUT2D eigenvalue weighted by Gasteiger charge is 2.28. The second-order valence-electron chi connectivity index (χ2n) is 5.79. The van der Waals surface area contributed by atoms with Gasteiger partial charge in [-0.25, -0.2) is 9.50 Å². The Kier molecular flexibility index (Phi) is 3.88. The molecule has 1 atom stereocenters. The number of fused-ring (bicyclic) bond motifs is 1. The lowest BCUT2D eigenvalue weighted by atomic mass is 10.2. The Bertz CT molecular complexity index is 893. The molecule has 1 N–H and O–H groups in total.